The van der Waals surface area contributed by atoms with E-state index in [2.05, 4.69) is 12.2 Å². The molecule has 0 spiro atoms. The van der Waals surface area contributed by atoms with Crippen LogP contribution in [0.1, 0.15) is 40.0 Å². The van der Waals surface area contributed by atoms with E-state index in [4.69, 9.17) is 9.84 Å². The standard InChI is InChI=1S/C12H25NO3/c1-10(2)16-9-8-13-7-6-11(3)4-5-12(14)15/h10-11,13H,4-9H2,1-3H3,(H,14,15). The van der Waals surface area contributed by atoms with Gasteiger partial charge in [0, 0.05) is 13.0 Å². The smallest absolute Gasteiger partial charge is 0.303 e. The van der Waals surface area contributed by atoms with E-state index in [1.165, 1.54) is 0 Å². The Labute approximate surface area is 98.4 Å². The van der Waals surface area contributed by atoms with Crippen LogP contribution in [-0.4, -0.2) is 36.9 Å². The Morgan fingerprint density at radius 3 is 2.50 bits per heavy atom. The Hall–Kier alpha value is -0.610. The van der Waals surface area contributed by atoms with Gasteiger partial charge in [0.05, 0.1) is 12.7 Å². The quantitative estimate of drug-likeness (QED) is 0.564. The predicted octanol–water partition coefficient (Wildman–Crippen LogP) is 1.89. The van der Waals surface area contributed by atoms with Crippen LogP contribution >= 0.6 is 0 Å². The summed E-state index contributed by atoms with van der Waals surface area (Å²) in [6, 6.07) is 0. The number of carbonyl (C=O) groups is 1. The van der Waals surface area contributed by atoms with E-state index in [-0.39, 0.29) is 12.5 Å². The monoisotopic (exact) mass is 231 g/mol. The van der Waals surface area contributed by atoms with Gasteiger partial charge in [-0.3, -0.25) is 4.79 Å². The van der Waals surface area contributed by atoms with Crippen molar-refractivity contribution < 1.29 is 14.6 Å². The zero-order chi connectivity index (χ0) is 12.4. The maximum Gasteiger partial charge on any atom is 0.303 e. The minimum absolute atomic E-state index is 0.275. The van der Waals surface area contributed by atoms with Gasteiger partial charge in [-0.15, -0.1) is 0 Å². The van der Waals surface area contributed by atoms with Crippen molar-refractivity contribution in [2.75, 3.05) is 19.7 Å². The molecule has 0 aliphatic heterocycles. The Balaban J connectivity index is 3.21. The molecule has 0 amide bonds. The maximum atomic E-state index is 10.4. The molecule has 1 unspecified atom stereocenters. The van der Waals surface area contributed by atoms with E-state index in [9.17, 15) is 4.79 Å². The molecular formula is C12H25NO3. The van der Waals surface area contributed by atoms with Gasteiger partial charge in [0.2, 0.25) is 0 Å². The summed E-state index contributed by atoms with van der Waals surface area (Å²) in [6.07, 6.45) is 2.35. The fourth-order valence-electron chi connectivity index (χ4n) is 1.35. The fraction of sp³-hybridized carbons (Fsp3) is 0.917. The molecule has 0 bridgehead atoms. The Morgan fingerprint density at radius 1 is 1.25 bits per heavy atom. The molecule has 1 atom stereocenters. The van der Waals surface area contributed by atoms with Crippen molar-refractivity contribution in [3.63, 3.8) is 0 Å². The van der Waals surface area contributed by atoms with Crippen molar-refractivity contribution in [3.05, 3.63) is 0 Å². The van der Waals surface area contributed by atoms with Crippen molar-refractivity contribution >= 4 is 5.97 Å². The maximum absolute atomic E-state index is 10.4. The molecule has 0 aliphatic rings. The molecule has 0 saturated heterocycles. The van der Waals surface area contributed by atoms with Gasteiger partial charge in [-0.1, -0.05) is 6.92 Å². The van der Waals surface area contributed by atoms with Gasteiger partial charge in [0.25, 0.3) is 0 Å². The van der Waals surface area contributed by atoms with Gasteiger partial charge in [-0.25, -0.2) is 0 Å². The molecule has 4 heteroatoms. The minimum Gasteiger partial charge on any atom is -0.481 e. The molecule has 0 heterocycles. The molecule has 0 aromatic heterocycles. The third-order valence-corrected chi connectivity index (χ3v) is 2.39. The largest absolute Gasteiger partial charge is 0.481 e. The number of hydrogen-bond donors (Lipinski definition) is 2. The van der Waals surface area contributed by atoms with Crippen molar-refractivity contribution in [1.29, 1.82) is 0 Å². The Morgan fingerprint density at radius 2 is 1.94 bits per heavy atom. The van der Waals surface area contributed by atoms with Crippen LogP contribution in [0.25, 0.3) is 0 Å². The molecule has 2 N–H and O–H groups in total. The first-order valence-electron chi connectivity index (χ1n) is 6.06. The topological polar surface area (TPSA) is 58.6 Å². The van der Waals surface area contributed by atoms with Crippen LogP contribution in [-0.2, 0) is 9.53 Å². The molecule has 0 saturated carbocycles. The molecule has 0 aliphatic carbocycles. The predicted molar refractivity (Wildman–Crippen MR) is 64.6 cm³/mol. The summed E-state index contributed by atoms with van der Waals surface area (Å²) in [6.45, 7) is 8.67. The first kappa shape index (κ1) is 15.4. The summed E-state index contributed by atoms with van der Waals surface area (Å²) in [4.78, 5) is 10.4. The third kappa shape index (κ3) is 11.5. The van der Waals surface area contributed by atoms with Crippen LogP contribution in [0.4, 0.5) is 0 Å². The first-order chi connectivity index (χ1) is 7.52. The Kier molecular flexibility index (Phi) is 9.24. The number of aliphatic carboxylic acids is 1. The molecule has 4 nitrogen and oxygen atoms in total. The molecular weight excluding hydrogens is 206 g/mol. The number of rotatable bonds is 10. The lowest BCUT2D eigenvalue weighted by atomic mass is 10.0. The number of carboxylic acid groups (broad SMARTS) is 1. The van der Waals surface area contributed by atoms with E-state index >= 15 is 0 Å². The van der Waals surface area contributed by atoms with Gasteiger partial charge in [-0.2, -0.15) is 0 Å². The van der Waals surface area contributed by atoms with E-state index in [1.807, 2.05) is 13.8 Å². The van der Waals surface area contributed by atoms with Crippen LogP contribution in [0.2, 0.25) is 0 Å². The number of carboxylic acids is 1. The van der Waals surface area contributed by atoms with E-state index in [0.717, 1.165) is 32.5 Å². The van der Waals surface area contributed by atoms with Gasteiger partial charge < -0.3 is 15.2 Å². The summed E-state index contributed by atoms with van der Waals surface area (Å²) < 4.78 is 5.39. The highest BCUT2D eigenvalue weighted by Crippen LogP contribution is 2.08. The van der Waals surface area contributed by atoms with Crippen LogP contribution < -0.4 is 5.32 Å². The lowest BCUT2D eigenvalue weighted by molar-refractivity contribution is -0.137. The molecule has 96 valence electrons. The summed E-state index contributed by atoms with van der Waals surface area (Å²) in [5.41, 5.74) is 0. The van der Waals surface area contributed by atoms with E-state index in [0.29, 0.717) is 5.92 Å². The van der Waals surface area contributed by atoms with Crippen molar-refractivity contribution in [3.8, 4) is 0 Å². The lowest BCUT2D eigenvalue weighted by Crippen LogP contribution is -2.23. The van der Waals surface area contributed by atoms with Crippen LogP contribution in [0.3, 0.4) is 0 Å². The molecule has 0 aromatic rings. The minimum atomic E-state index is -0.704. The summed E-state index contributed by atoms with van der Waals surface area (Å²) in [7, 11) is 0. The van der Waals surface area contributed by atoms with Crippen molar-refractivity contribution in [2.24, 2.45) is 5.92 Å². The highest BCUT2D eigenvalue weighted by Gasteiger charge is 2.04. The zero-order valence-electron chi connectivity index (χ0n) is 10.7. The summed E-state index contributed by atoms with van der Waals surface area (Å²) in [5, 5.41) is 11.8. The number of nitrogens with one attached hydrogen (secondary N) is 1. The van der Waals surface area contributed by atoms with Crippen molar-refractivity contribution in [2.45, 2.75) is 46.1 Å². The van der Waals surface area contributed by atoms with Crippen molar-refractivity contribution in [1.82, 2.24) is 5.32 Å². The van der Waals surface area contributed by atoms with E-state index < -0.39 is 5.97 Å². The molecule has 0 fully saturated rings. The second-order valence-corrected chi connectivity index (χ2v) is 4.50. The third-order valence-electron chi connectivity index (χ3n) is 2.39. The Bertz CT molecular complexity index is 183. The van der Waals surface area contributed by atoms with Gasteiger partial charge in [-0.05, 0) is 39.2 Å². The summed E-state index contributed by atoms with van der Waals surface area (Å²) >= 11 is 0. The fourth-order valence-corrected chi connectivity index (χ4v) is 1.35. The number of hydrogen-bond acceptors (Lipinski definition) is 3. The average molecular weight is 231 g/mol. The normalized spacial score (nSPS) is 13.0. The highest BCUT2D eigenvalue weighted by atomic mass is 16.5. The zero-order valence-corrected chi connectivity index (χ0v) is 10.7. The molecule has 16 heavy (non-hydrogen) atoms. The number of ether oxygens (including phenoxy) is 1. The van der Waals surface area contributed by atoms with Gasteiger partial charge in [0.15, 0.2) is 0 Å². The van der Waals surface area contributed by atoms with Crippen LogP contribution in [0, 0.1) is 5.92 Å². The summed E-state index contributed by atoms with van der Waals surface area (Å²) in [5.74, 6) is -0.236. The lowest BCUT2D eigenvalue weighted by Gasteiger charge is -2.11. The average Bonchev–Trinajstić information content (AvgIpc) is 2.19. The van der Waals surface area contributed by atoms with E-state index in [1.54, 1.807) is 0 Å². The van der Waals surface area contributed by atoms with Gasteiger partial charge in [0.1, 0.15) is 0 Å². The molecule has 0 rings (SSSR count). The first-order valence-corrected chi connectivity index (χ1v) is 6.06. The molecule has 0 aromatic carbocycles. The van der Waals surface area contributed by atoms with Crippen LogP contribution in [0.15, 0.2) is 0 Å². The second kappa shape index (κ2) is 9.60. The van der Waals surface area contributed by atoms with Gasteiger partial charge >= 0.3 is 5.97 Å². The van der Waals surface area contributed by atoms with Crippen LogP contribution in [0.5, 0.6) is 0 Å². The second-order valence-electron chi connectivity index (χ2n) is 4.50. The highest BCUT2D eigenvalue weighted by molar-refractivity contribution is 5.66. The molecule has 0 radical (unpaired) electrons. The SMILES string of the molecule is CC(CCNCCOC(C)C)CCC(=O)O.